The maximum Gasteiger partial charge on any atom is 0.273 e. The second-order valence-electron chi connectivity index (χ2n) is 6.00. The first-order valence-corrected chi connectivity index (χ1v) is 7.99. The Kier molecular flexibility index (Phi) is 5.08. The van der Waals surface area contributed by atoms with Gasteiger partial charge >= 0.3 is 0 Å². The van der Waals surface area contributed by atoms with Gasteiger partial charge in [-0.2, -0.15) is 0 Å². The molecule has 0 saturated carbocycles. The normalized spacial score (nSPS) is 14.0. The van der Waals surface area contributed by atoms with Gasteiger partial charge in [0, 0.05) is 17.7 Å². The van der Waals surface area contributed by atoms with Gasteiger partial charge in [-0.05, 0) is 24.9 Å². The molecule has 1 aromatic carbocycles. The number of nitrogens with one attached hydrogen (secondary N) is 1. The Morgan fingerprint density at radius 3 is 2.33 bits per heavy atom. The fourth-order valence-corrected chi connectivity index (χ4v) is 2.66. The molecule has 1 rings (SSSR count). The lowest BCUT2D eigenvalue weighted by Gasteiger charge is -2.30. The van der Waals surface area contributed by atoms with Crippen LogP contribution in [0.2, 0.25) is 0 Å². The summed E-state index contributed by atoms with van der Waals surface area (Å²) in [5, 5.41) is 19.3. The van der Waals surface area contributed by atoms with Crippen molar-refractivity contribution in [1.29, 1.82) is 0 Å². The van der Waals surface area contributed by atoms with Gasteiger partial charge in [0.05, 0.1) is 9.82 Å². The van der Waals surface area contributed by atoms with Gasteiger partial charge in [0.2, 0.25) is 10.0 Å². The van der Waals surface area contributed by atoms with Crippen molar-refractivity contribution in [3.63, 3.8) is 0 Å². The Bertz CT molecular complexity index is 635. The van der Waals surface area contributed by atoms with Crippen LogP contribution in [-0.4, -0.2) is 26.4 Å². The Hall–Kier alpha value is -1.51. The van der Waals surface area contributed by atoms with Crippen LogP contribution in [0, 0.1) is 15.5 Å². The first-order valence-electron chi connectivity index (χ1n) is 6.44. The first kappa shape index (κ1) is 17.5. The minimum atomic E-state index is -3.96. The molecule has 0 spiro atoms. The Balaban J connectivity index is 3.28. The molecule has 118 valence electrons. The number of likely N-dealkylation sites (N-methyl/N-ethyl adjacent to an activating group) is 1. The molecule has 8 heteroatoms. The number of nitro groups is 1. The quantitative estimate of drug-likeness (QED) is 0.629. The topological polar surface area (TPSA) is 115 Å². The highest BCUT2D eigenvalue weighted by molar-refractivity contribution is 7.89. The first-order chi connectivity index (χ1) is 9.46. The third-order valence-corrected chi connectivity index (χ3v) is 4.31. The van der Waals surface area contributed by atoms with Gasteiger partial charge in [-0.15, -0.1) is 0 Å². The SMILES string of the molecule is CNC(Cc1ccc(S(N)(=O)=O)cc1[N+](=O)[O-])C(C)(C)C. The van der Waals surface area contributed by atoms with E-state index in [-0.39, 0.29) is 22.0 Å². The maximum absolute atomic E-state index is 11.3. The van der Waals surface area contributed by atoms with Crippen molar-refractivity contribution in [3.05, 3.63) is 33.9 Å². The third-order valence-electron chi connectivity index (χ3n) is 3.40. The Labute approximate surface area is 124 Å². The van der Waals surface area contributed by atoms with Crippen LogP contribution in [0.1, 0.15) is 26.3 Å². The number of nitrogens with zero attached hydrogens (tertiary/aromatic N) is 1. The number of hydrogen-bond acceptors (Lipinski definition) is 5. The van der Waals surface area contributed by atoms with E-state index in [0.29, 0.717) is 12.0 Å². The van der Waals surface area contributed by atoms with Gasteiger partial charge in [0.1, 0.15) is 0 Å². The molecular formula is C13H21N3O4S. The van der Waals surface area contributed by atoms with E-state index in [9.17, 15) is 18.5 Å². The zero-order valence-electron chi connectivity index (χ0n) is 12.6. The average Bonchev–Trinajstić information content (AvgIpc) is 2.32. The number of primary sulfonamides is 1. The van der Waals surface area contributed by atoms with Crippen molar-refractivity contribution in [2.75, 3.05) is 7.05 Å². The maximum atomic E-state index is 11.3. The Morgan fingerprint density at radius 1 is 1.38 bits per heavy atom. The van der Waals surface area contributed by atoms with E-state index in [1.54, 1.807) is 7.05 Å². The fraction of sp³-hybridized carbons (Fsp3) is 0.538. The molecule has 0 heterocycles. The lowest BCUT2D eigenvalue weighted by Crippen LogP contribution is -2.39. The molecule has 0 aliphatic carbocycles. The molecule has 1 unspecified atom stereocenters. The highest BCUT2D eigenvalue weighted by Gasteiger charge is 2.27. The van der Waals surface area contributed by atoms with Crippen LogP contribution in [0.4, 0.5) is 5.69 Å². The van der Waals surface area contributed by atoms with Crippen molar-refractivity contribution in [2.24, 2.45) is 10.6 Å². The molecule has 3 N–H and O–H groups in total. The lowest BCUT2D eigenvalue weighted by atomic mass is 9.83. The number of nitrogens with two attached hydrogens (primary N) is 1. The van der Waals surface area contributed by atoms with E-state index < -0.39 is 14.9 Å². The largest absolute Gasteiger partial charge is 0.316 e. The van der Waals surface area contributed by atoms with Crippen LogP contribution >= 0.6 is 0 Å². The van der Waals surface area contributed by atoms with E-state index in [4.69, 9.17) is 5.14 Å². The predicted octanol–water partition coefficient (Wildman–Crippen LogP) is 1.42. The summed E-state index contributed by atoms with van der Waals surface area (Å²) in [6, 6.07) is 3.78. The van der Waals surface area contributed by atoms with E-state index in [1.165, 1.54) is 12.1 Å². The van der Waals surface area contributed by atoms with E-state index >= 15 is 0 Å². The zero-order valence-corrected chi connectivity index (χ0v) is 13.4. The summed E-state index contributed by atoms with van der Waals surface area (Å²) in [6.45, 7) is 6.08. The molecule has 0 aliphatic rings. The van der Waals surface area contributed by atoms with E-state index in [2.05, 4.69) is 5.32 Å². The highest BCUT2D eigenvalue weighted by Crippen LogP contribution is 2.28. The number of hydrogen-bond donors (Lipinski definition) is 2. The van der Waals surface area contributed by atoms with Crippen LogP contribution in [0.25, 0.3) is 0 Å². The fourth-order valence-electron chi connectivity index (χ4n) is 2.12. The van der Waals surface area contributed by atoms with Gasteiger partial charge in [-0.25, -0.2) is 13.6 Å². The number of rotatable bonds is 5. The molecule has 0 bridgehead atoms. The molecule has 0 radical (unpaired) electrons. The average molecular weight is 315 g/mol. The molecule has 0 aliphatic heterocycles. The number of sulfonamides is 1. The second-order valence-corrected chi connectivity index (χ2v) is 7.57. The standard InChI is InChI=1S/C13H21N3O4S/c1-13(2,3)12(15-4)7-9-5-6-10(21(14,19)20)8-11(9)16(17)18/h5-6,8,12,15H,7H2,1-4H3,(H2,14,19,20). The second kappa shape index (κ2) is 6.08. The van der Waals surface area contributed by atoms with Crippen molar-refractivity contribution < 1.29 is 13.3 Å². The van der Waals surface area contributed by atoms with Crippen LogP contribution < -0.4 is 10.5 Å². The van der Waals surface area contributed by atoms with Crippen LogP contribution in [0.5, 0.6) is 0 Å². The molecule has 0 amide bonds. The third kappa shape index (κ3) is 4.48. The lowest BCUT2D eigenvalue weighted by molar-refractivity contribution is -0.385. The highest BCUT2D eigenvalue weighted by atomic mass is 32.2. The summed E-state index contributed by atoms with van der Waals surface area (Å²) in [4.78, 5) is 10.3. The molecule has 21 heavy (non-hydrogen) atoms. The van der Waals surface area contributed by atoms with E-state index in [0.717, 1.165) is 6.07 Å². The van der Waals surface area contributed by atoms with Gasteiger partial charge in [0.15, 0.2) is 0 Å². The summed E-state index contributed by atoms with van der Waals surface area (Å²) in [5.41, 5.74) is 0.147. The van der Waals surface area contributed by atoms with Gasteiger partial charge in [-0.1, -0.05) is 26.8 Å². The summed E-state index contributed by atoms with van der Waals surface area (Å²) in [7, 11) is -2.17. The van der Waals surface area contributed by atoms with Crippen LogP contribution in [0.3, 0.4) is 0 Å². The van der Waals surface area contributed by atoms with Crippen molar-refractivity contribution >= 4 is 15.7 Å². The minimum absolute atomic E-state index is 0.0107. The number of benzene rings is 1. The molecule has 0 aromatic heterocycles. The van der Waals surface area contributed by atoms with Crippen LogP contribution in [-0.2, 0) is 16.4 Å². The predicted molar refractivity (Wildman–Crippen MR) is 80.5 cm³/mol. The van der Waals surface area contributed by atoms with Crippen molar-refractivity contribution in [1.82, 2.24) is 5.32 Å². The smallest absolute Gasteiger partial charge is 0.273 e. The molecule has 1 aromatic rings. The monoisotopic (exact) mass is 315 g/mol. The summed E-state index contributed by atoms with van der Waals surface area (Å²) < 4.78 is 22.6. The molecular weight excluding hydrogens is 294 g/mol. The number of nitro benzene ring substituents is 1. The van der Waals surface area contributed by atoms with Gasteiger partial charge in [-0.3, -0.25) is 10.1 Å². The Morgan fingerprint density at radius 2 is 1.95 bits per heavy atom. The molecule has 1 atom stereocenters. The molecule has 0 fully saturated rings. The van der Waals surface area contributed by atoms with Crippen molar-refractivity contribution in [3.8, 4) is 0 Å². The summed E-state index contributed by atoms with van der Waals surface area (Å²) >= 11 is 0. The summed E-state index contributed by atoms with van der Waals surface area (Å²) in [6.07, 6.45) is 0.418. The minimum Gasteiger partial charge on any atom is -0.316 e. The van der Waals surface area contributed by atoms with E-state index in [1.807, 2.05) is 20.8 Å². The molecule has 7 nitrogen and oxygen atoms in total. The summed E-state index contributed by atoms with van der Waals surface area (Å²) in [5.74, 6) is 0. The van der Waals surface area contributed by atoms with Gasteiger partial charge in [0.25, 0.3) is 5.69 Å². The zero-order chi connectivity index (χ0) is 16.4. The van der Waals surface area contributed by atoms with Gasteiger partial charge < -0.3 is 5.32 Å². The van der Waals surface area contributed by atoms with Crippen molar-refractivity contribution in [2.45, 2.75) is 38.1 Å². The van der Waals surface area contributed by atoms with Crippen LogP contribution in [0.15, 0.2) is 23.1 Å². The molecule has 0 saturated heterocycles.